The Morgan fingerprint density at radius 3 is 2.47 bits per heavy atom. The predicted molar refractivity (Wildman–Crippen MR) is 79.8 cm³/mol. The van der Waals surface area contributed by atoms with Crippen LogP contribution in [0.5, 0.6) is 0 Å². The van der Waals surface area contributed by atoms with Crippen molar-refractivity contribution in [2.75, 3.05) is 0 Å². The second kappa shape index (κ2) is 7.95. The molecule has 0 heterocycles. The molecule has 1 aromatic rings. The highest BCUT2D eigenvalue weighted by Crippen LogP contribution is 2.08. The third-order valence-corrected chi connectivity index (χ3v) is 3.79. The van der Waals surface area contributed by atoms with Gasteiger partial charge in [0, 0.05) is 6.04 Å². The fourth-order valence-corrected chi connectivity index (χ4v) is 1.93. The minimum Gasteiger partial charge on any atom is -0.352 e. The highest BCUT2D eigenvalue weighted by atomic mass is 16.2. The Balaban J connectivity index is 2.37. The standard InChI is InChI=1S/C16H26N2O/c1-4-12(2)13(3)18-16(19)15(17)11-10-14-8-6-5-7-9-14/h5-9,12-13,15H,4,10-11,17H2,1-3H3,(H,18,19)/t12?,13?,15-/m0/s1. The van der Waals surface area contributed by atoms with Crippen molar-refractivity contribution in [1.82, 2.24) is 5.32 Å². The van der Waals surface area contributed by atoms with Crippen LogP contribution in [0.15, 0.2) is 30.3 Å². The van der Waals surface area contributed by atoms with Gasteiger partial charge < -0.3 is 11.1 Å². The van der Waals surface area contributed by atoms with Gasteiger partial charge in [-0.05, 0) is 31.2 Å². The molecule has 3 nitrogen and oxygen atoms in total. The SMILES string of the molecule is CCC(C)C(C)NC(=O)[C@@H](N)CCc1ccccc1. The number of aryl methyl sites for hydroxylation is 1. The van der Waals surface area contributed by atoms with E-state index < -0.39 is 6.04 Å². The molecule has 0 saturated carbocycles. The summed E-state index contributed by atoms with van der Waals surface area (Å²) in [6.45, 7) is 6.30. The number of nitrogens with one attached hydrogen (secondary N) is 1. The van der Waals surface area contributed by atoms with Crippen molar-refractivity contribution in [3.63, 3.8) is 0 Å². The molecule has 0 radical (unpaired) electrons. The Labute approximate surface area is 116 Å². The molecule has 1 amide bonds. The van der Waals surface area contributed by atoms with Gasteiger partial charge in [-0.15, -0.1) is 0 Å². The van der Waals surface area contributed by atoms with Crippen LogP contribution in [0.25, 0.3) is 0 Å². The minimum atomic E-state index is -0.424. The molecule has 3 atom stereocenters. The normalized spacial score (nSPS) is 15.6. The van der Waals surface area contributed by atoms with Gasteiger partial charge in [-0.25, -0.2) is 0 Å². The third-order valence-electron chi connectivity index (χ3n) is 3.79. The third kappa shape index (κ3) is 5.43. The fraction of sp³-hybridized carbons (Fsp3) is 0.562. The number of hydrogen-bond acceptors (Lipinski definition) is 2. The maximum Gasteiger partial charge on any atom is 0.237 e. The van der Waals surface area contributed by atoms with Crippen LogP contribution in [-0.4, -0.2) is 18.0 Å². The molecule has 0 spiro atoms. The van der Waals surface area contributed by atoms with E-state index in [9.17, 15) is 4.79 Å². The first-order chi connectivity index (χ1) is 9.04. The largest absolute Gasteiger partial charge is 0.352 e. The van der Waals surface area contributed by atoms with Crippen molar-refractivity contribution in [3.05, 3.63) is 35.9 Å². The van der Waals surface area contributed by atoms with E-state index in [0.29, 0.717) is 12.3 Å². The number of rotatable bonds is 7. The van der Waals surface area contributed by atoms with Gasteiger partial charge in [-0.3, -0.25) is 4.79 Å². The Bertz CT molecular complexity index is 378. The first-order valence-electron chi connectivity index (χ1n) is 7.14. The average molecular weight is 262 g/mol. The van der Waals surface area contributed by atoms with Gasteiger partial charge in [0.1, 0.15) is 0 Å². The Morgan fingerprint density at radius 1 is 1.26 bits per heavy atom. The Hall–Kier alpha value is -1.35. The first-order valence-corrected chi connectivity index (χ1v) is 7.14. The second-order valence-electron chi connectivity index (χ2n) is 5.31. The molecule has 2 unspecified atom stereocenters. The molecule has 3 N–H and O–H groups in total. The molecule has 0 aliphatic rings. The molecule has 0 fully saturated rings. The Morgan fingerprint density at radius 2 is 1.89 bits per heavy atom. The summed E-state index contributed by atoms with van der Waals surface area (Å²) in [7, 11) is 0. The van der Waals surface area contributed by atoms with Crippen molar-refractivity contribution in [2.45, 2.75) is 52.1 Å². The van der Waals surface area contributed by atoms with Crippen LogP contribution in [0.1, 0.15) is 39.2 Å². The minimum absolute atomic E-state index is 0.0382. The molecule has 0 aliphatic carbocycles. The van der Waals surface area contributed by atoms with Crippen LogP contribution in [0.2, 0.25) is 0 Å². The molecule has 1 rings (SSSR count). The lowest BCUT2D eigenvalue weighted by Crippen LogP contribution is -2.46. The highest BCUT2D eigenvalue weighted by molar-refractivity contribution is 5.81. The fourth-order valence-electron chi connectivity index (χ4n) is 1.93. The van der Waals surface area contributed by atoms with Gasteiger partial charge >= 0.3 is 0 Å². The molecule has 1 aromatic carbocycles. The zero-order valence-corrected chi connectivity index (χ0v) is 12.2. The molecule has 3 heteroatoms. The first kappa shape index (κ1) is 15.7. The van der Waals surface area contributed by atoms with Crippen LogP contribution in [-0.2, 0) is 11.2 Å². The van der Waals surface area contributed by atoms with Gasteiger partial charge in [0.05, 0.1) is 6.04 Å². The van der Waals surface area contributed by atoms with Crippen molar-refractivity contribution in [1.29, 1.82) is 0 Å². The Kier molecular flexibility index (Phi) is 6.57. The van der Waals surface area contributed by atoms with Crippen molar-refractivity contribution < 1.29 is 4.79 Å². The van der Waals surface area contributed by atoms with Gasteiger partial charge in [-0.2, -0.15) is 0 Å². The summed E-state index contributed by atoms with van der Waals surface area (Å²) in [5.41, 5.74) is 7.17. The molecule has 0 saturated heterocycles. The summed E-state index contributed by atoms with van der Waals surface area (Å²) in [6.07, 6.45) is 2.58. The van der Waals surface area contributed by atoms with E-state index in [1.165, 1.54) is 5.56 Å². The monoisotopic (exact) mass is 262 g/mol. The lowest BCUT2D eigenvalue weighted by atomic mass is 10.00. The number of carbonyl (C=O) groups excluding carboxylic acids is 1. The van der Waals surface area contributed by atoms with Crippen LogP contribution in [0, 0.1) is 5.92 Å². The average Bonchev–Trinajstić information content (AvgIpc) is 2.44. The van der Waals surface area contributed by atoms with E-state index in [-0.39, 0.29) is 11.9 Å². The quantitative estimate of drug-likeness (QED) is 0.793. The van der Waals surface area contributed by atoms with E-state index in [0.717, 1.165) is 12.8 Å². The molecule has 106 valence electrons. The molecular weight excluding hydrogens is 236 g/mol. The lowest BCUT2D eigenvalue weighted by Gasteiger charge is -2.22. The summed E-state index contributed by atoms with van der Waals surface area (Å²) >= 11 is 0. The van der Waals surface area contributed by atoms with Crippen LogP contribution >= 0.6 is 0 Å². The maximum atomic E-state index is 12.0. The predicted octanol–water partition coefficient (Wildman–Crippen LogP) is 2.50. The smallest absolute Gasteiger partial charge is 0.237 e. The number of hydrogen-bond donors (Lipinski definition) is 2. The number of benzene rings is 1. The van der Waals surface area contributed by atoms with E-state index in [2.05, 4.69) is 31.3 Å². The maximum absolute atomic E-state index is 12.0. The van der Waals surface area contributed by atoms with Gasteiger partial charge in [-0.1, -0.05) is 50.6 Å². The summed E-state index contributed by atoms with van der Waals surface area (Å²) in [5.74, 6) is 0.439. The molecule has 0 bridgehead atoms. The summed E-state index contributed by atoms with van der Waals surface area (Å²) < 4.78 is 0. The van der Waals surface area contributed by atoms with Gasteiger partial charge in [0.15, 0.2) is 0 Å². The summed E-state index contributed by atoms with van der Waals surface area (Å²) in [4.78, 5) is 12.0. The summed E-state index contributed by atoms with van der Waals surface area (Å²) in [6, 6.07) is 9.88. The van der Waals surface area contributed by atoms with Gasteiger partial charge in [0.2, 0.25) is 5.91 Å². The highest BCUT2D eigenvalue weighted by Gasteiger charge is 2.18. The zero-order chi connectivity index (χ0) is 14.3. The van der Waals surface area contributed by atoms with E-state index in [1.807, 2.05) is 25.1 Å². The molecule has 0 aliphatic heterocycles. The number of nitrogens with two attached hydrogens (primary N) is 1. The topological polar surface area (TPSA) is 55.1 Å². The van der Waals surface area contributed by atoms with E-state index >= 15 is 0 Å². The molecule has 19 heavy (non-hydrogen) atoms. The van der Waals surface area contributed by atoms with Crippen LogP contribution in [0.3, 0.4) is 0 Å². The van der Waals surface area contributed by atoms with Crippen LogP contribution in [0.4, 0.5) is 0 Å². The van der Waals surface area contributed by atoms with Crippen LogP contribution < -0.4 is 11.1 Å². The van der Waals surface area contributed by atoms with E-state index in [1.54, 1.807) is 0 Å². The van der Waals surface area contributed by atoms with Crippen molar-refractivity contribution >= 4 is 5.91 Å². The van der Waals surface area contributed by atoms with Crippen molar-refractivity contribution in [2.24, 2.45) is 11.7 Å². The number of carbonyl (C=O) groups is 1. The summed E-state index contributed by atoms with van der Waals surface area (Å²) in [5, 5.41) is 3.00. The number of amides is 1. The second-order valence-corrected chi connectivity index (χ2v) is 5.31. The molecule has 0 aromatic heterocycles. The zero-order valence-electron chi connectivity index (χ0n) is 12.2. The van der Waals surface area contributed by atoms with Gasteiger partial charge in [0.25, 0.3) is 0 Å². The molecular formula is C16H26N2O. The van der Waals surface area contributed by atoms with E-state index in [4.69, 9.17) is 5.73 Å². The lowest BCUT2D eigenvalue weighted by molar-refractivity contribution is -0.123. The van der Waals surface area contributed by atoms with Crippen molar-refractivity contribution in [3.8, 4) is 0 Å².